The van der Waals surface area contributed by atoms with Gasteiger partial charge in [0.15, 0.2) is 6.54 Å². The minimum absolute atomic E-state index is 0.160. The molecule has 0 atom stereocenters. The summed E-state index contributed by atoms with van der Waals surface area (Å²) in [4.78, 5) is 12.2. The molecule has 0 fully saturated rings. The molecule has 0 aromatic heterocycles. The quantitative estimate of drug-likeness (QED) is 0.458. The van der Waals surface area contributed by atoms with Crippen LogP contribution >= 0.6 is 0 Å². The zero-order valence-corrected chi connectivity index (χ0v) is 5.64. The van der Waals surface area contributed by atoms with E-state index in [2.05, 4.69) is 0 Å². The van der Waals surface area contributed by atoms with Crippen LogP contribution in [0.1, 0.15) is 0 Å². The Morgan fingerprint density at radius 3 is 2.25 bits per heavy atom. The number of hydrogen-bond acceptors (Lipinski definition) is 1. The maximum absolute atomic E-state index is 10.6. The van der Waals surface area contributed by atoms with E-state index in [1.807, 2.05) is 12.4 Å². The SMILES string of the molecule is C[NH2+]CC(=O)N(C)C. The first-order chi connectivity index (χ1) is 3.68. The first-order valence-electron chi connectivity index (χ1n) is 2.66. The Labute approximate surface area is 49.7 Å². The summed E-state index contributed by atoms with van der Waals surface area (Å²) in [5, 5.41) is 1.85. The van der Waals surface area contributed by atoms with E-state index in [9.17, 15) is 4.79 Å². The monoisotopic (exact) mass is 117 g/mol. The minimum atomic E-state index is 0.160. The zero-order valence-electron chi connectivity index (χ0n) is 5.64. The van der Waals surface area contributed by atoms with Crippen LogP contribution in [0.3, 0.4) is 0 Å². The molecule has 2 N–H and O–H groups in total. The number of rotatable bonds is 2. The van der Waals surface area contributed by atoms with Crippen LogP contribution in [0.25, 0.3) is 0 Å². The Balaban J connectivity index is 3.33. The number of carbonyl (C=O) groups excluding carboxylic acids is 1. The van der Waals surface area contributed by atoms with Gasteiger partial charge in [-0.05, 0) is 0 Å². The molecule has 48 valence electrons. The van der Waals surface area contributed by atoms with Gasteiger partial charge in [0.2, 0.25) is 0 Å². The fourth-order valence-electron chi connectivity index (χ4n) is 0.357. The van der Waals surface area contributed by atoms with Crippen LogP contribution in [0, 0.1) is 0 Å². The van der Waals surface area contributed by atoms with Gasteiger partial charge in [0.25, 0.3) is 5.91 Å². The number of amides is 1. The molecule has 0 saturated heterocycles. The third-order valence-electron chi connectivity index (χ3n) is 0.878. The molecule has 0 spiro atoms. The summed E-state index contributed by atoms with van der Waals surface area (Å²) < 4.78 is 0. The van der Waals surface area contributed by atoms with Crippen LogP contribution in [-0.2, 0) is 4.79 Å². The standard InChI is InChI=1S/C5H12N2O/c1-6-4-5(8)7(2)3/h6H,4H2,1-3H3/p+1. The van der Waals surface area contributed by atoms with Crippen molar-refractivity contribution >= 4 is 5.91 Å². The van der Waals surface area contributed by atoms with Gasteiger partial charge >= 0.3 is 0 Å². The van der Waals surface area contributed by atoms with Gasteiger partial charge in [0, 0.05) is 14.1 Å². The fourth-order valence-corrected chi connectivity index (χ4v) is 0.357. The van der Waals surface area contributed by atoms with Gasteiger partial charge in [-0.2, -0.15) is 0 Å². The average Bonchev–Trinajstić information content (AvgIpc) is 1.67. The summed E-state index contributed by atoms with van der Waals surface area (Å²) in [6, 6.07) is 0. The van der Waals surface area contributed by atoms with Gasteiger partial charge in [0.1, 0.15) is 0 Å². The largest absolute Gasteiger partial charge is 0.344 e. The normalized spacial score (nSPS) is 8.88. The Morgan fingerprint density at radius 1 is 1.62 bits per heavy atom. The number of nitrogens with two attached hydrogens (primary N) is 1. The first-order valence-corrected chi connectivity index (χ1v) is 2.66. The van der Waals surface area contributed by atoms with Gasteiger partial charge in [-0.15, -0.1) is 0 Å². The maximum atomic E-state index is 10.6. The predicted octanol–water partition coefficient (Wildman–Crippen LogP) is -1.73. The van der Waals surface area contributed by atoms with Crippen molar-refractivity contribution in [3.63, 3.8) is 0 Å². The van der Waals surface area contributed by atoms with Crippen LogP contribution in [0.2, 0.25) is 0 Å². The van der Waals surface area contributed by atoms with Crippen LogP contribution in [0.5, 0.6) is 0 Å². The summed E-state index contributed by atoms with van der Waals surface area (Å²) in [5.41, 5.74) is 0. The molecule has 3 heteroatoms. The van der Waals surface area contributed by atoms with E-state index in [0.29, 0.717) is 6.54 Å². The lowest BCUT2D eigenvalue weighted by Crippen LogP contribution is -2.82. The van der Waals surface area contributed by atoms with E-state index in [1.54, 1.807) is 19.0 Å². The van der Waals surface area contributed by atoms with Crippen molar-refractivity contribution in [3.8, 4) is 0 Å². The highest BCUT2D eigenvalue weighted by molar-refractivity contribution is 5.76. The first kappa shape index (κ1) is 7.43. The highest BCUT2D eigenvalue weighted by atomic mass is 16.2. The van der Waals surface area contributed by atoms with Crippen LogP contribution in [0.4, 0.5) is 0 Å². The molecule has 1 amide bonds. The summed E-state index contributed by atoms with van der Waals surface area (Å²) in [7, 11) is 5.39. The molecular formula is C5H13N2O+. The predicted molar refractivity (Wildman–Crippen MR) is 31.4 cm³/mol. The summed E-state index contributed by atoms with van der Waals surface area (Å²) in [6.45, 7) is 0.549. The van der Waals surface area contributed by atoms with Crippen molar-refractivity contribution in [1.82, 2.24) is 4.90 Å². The molecule has 0 aromatic rings. The lowest BCUT2D eigenvalue weighted by atomic mass is 10.5. The third-order valence-corrected chi connectivity index (χ3v) is 0.878. The van der Waals surface area contributed by atoms with Crippen molar-refractivity contribution in [2.45, 2.75) is 0 Å². The van der Waals surface area contributed by atoms with Crippen molar-refractivity contribution in [3.05, 3.63) is 0 Å². The van der Waals surface area contributed by atoms with Crippen molar-refractivity contribution < 1.29 is 10.1 Å². The zero-order chi connectivity index (χ0) is 6.57. The second-order valence-corrected chi connectivity index (χ2v) is 1.90. The number of likely N-dealkylation sites (N-methyl/N-ethyl adjacent to an activating group) is 2. The number of carbonyl (C=O) groups is 1. The smallest absolute Gasteiger partial charge is 0.277 e. The van der Waals surface area contributed by atoms with Gasteiger partial charge in [-0.25, -0.2) is 0 Å². The number of quaternary nitrogens is 1. The molecule has 0 heterocycles. The van der Waals surface area contributed by atoms with Crippen molar-refractivity contribution in [1.29, 1.82) is 0 Å². The van der Waals surface area contributed by atoms with Crippen molar-refractivity contribution in [2.24, 2.45) is 0 Å². The van der Waals surface area contributed by atoms with Crippen molar-refractivity contribution in [2.75, 3.05) is 27.7 Å². The topological polar surface area (TPSA) is 36.9 Å². The van der Waals surface area contributed by atoms with E-state index in [-0.39, 0.29) is 5.91 Å². The van der Waals surface area contributed by atoms with Gasteiger partial charge in [-0.3, -0.25) is 4.79 Å². The Morgan fingerprint density at radius 2 is 2.12 bits per heavy atom. The molecule has 0 aromatic carbocycles. The minimum Gasteiger partial charge on any atom is -0.344 e. The van der Waals surface area contributed by atoms with E-state index < -0.39 is 0 Å². The Bertz CT molecular complexity index is 80.5. The molecule has 0 aliphatic heterocycles. The van der Waals surface area contributed by atoms with Crippen LogP contribution in [0.15, 0.2) is 0 Å². The Hall–Kier alpha value is -0.570. The highest BCUT2D eigenvalue weighted by Crippen LogP contribution is 1.69. The van der Waals surface area contributed by atoms with Gasteiger partial charge in [-0.1, -0.05) is 0 Å². The van der Waals surface area contributed by atoms with E-state index in [0.717, 1.165) is 0 Å². The van der Waals surface area contributed by atoms with Crippen LogP contribution < -0.4 is 5.32 Å². The molecule has 0 rings (SSSR count). The lowest BCUT2D eigenvalue weighted by Gasteiger charge is -2.06. The molecule has 0 radical (unpaired) electrons. The molecule has 8 heavy (non-hydrogen) atoms. The summed E-state index contributed by atoms with van der Waals surface area (Å²) in [6.07, 6.45) is 0. The molecule has 0 aliphatic carbocycles. The highest BCUT2D eigenvalue weighted by Gasteiger charge is 2.01. The average molecular weight is 117 g/mol. The van der Waals surface area contributed by atoms with E-state index in [4.69, 9.17) is 0 Å². The second kappa shape index (κ2) is 3.43. The second-order valence-electron chi connectivity index (χ2n) is 1.90. The third kappa shape index (κ3) is 2.58. The van der Waals surface area contributed by atoms with E-state index in [1.165, 1.54) is 0 Å². The molecule has 0 unspecified atom stereocenters. The van der Waals surface area contributed by atoms with E-state index >= 15 is 0 Å². The summed E-state index contributed by atoms with van der Waals surface area (Å²) >= 11 is 0. The summed E-state index contributed by atoms with van der Waals surface area (Å²) in [5.74, 6) is 0.160. The number of nitrogens with zero attached hydrogens (tertiary/aromatic N) is 1. The Kier molecular flexibility index (Phi) is 3.19. The number of hydrogen-bond donors (Lipinski definition) is 1. The van der Waals surface area contributed by atoms with Crippen LogP contribution in [-0.4, -0.2) is 38.5 Å². The lowest BCUT2D eigenvalue weighted by molar-refractivity contribution is -0.616. The van der Waals surface area contributed by atoms with Gasteiger partial charge in [0.05, 0.1) is 7.05 Å². The molecule has 0 saturated carbocycles. The molecule has 3 nitrogen and oxygen atoms in total. The molecule has 0 aliphatic rings. The van der Waals surface area contributed by atoms with Gasteiger partial charge < -0.3 is 10.2 Å². The molecule has 0 bridgehead atoms. The molecular weight excluding hydrogens is 104 g/mol. The fraction of sp³-hybridized carbons (Fsp3) is 0.800. The maximum Gasteiger partial charge on any atom is 0.277 e.